The van der Waals surface area contributed by atoms with Gasteiger partial charge in [0.15, 0.2) is 0 Å². The predicted molar refractivity (Wildman–Crippen MR) is 88.7 cm³/mol. The van der Waals surface area contributed by atoms with E-state index in [0.29, 0.717) is 5.69 Å². The largest absolute Gasteiger partial charge is 0.359 e. The second-order valence-electron chi connectivity index (χ2n) is 4.62. The number of hydrogen-bond donors (Lipinski definition) is 2. The number of para-hydroxylation sites is 1. The van der Waals surface area contributed by atoms with Gasteiger partial charge in [0, 0.05) is 24.2 Å². The Morgan fingerprint density at radius 3 is 2.77 bits per heavy atom. The maximum absolute atomic E-state index is 12.0. The molecule has 0 radical (unpaired) electrons. The van der Waals surface area contributed by atoms with E-state index in [4.69, 9.17) is 0 Å². The van der Waals surface area contributed by atoms with Gasteiger partial charge in [-0.1, -0.05) is 18.2 Å². The lowest BCUT2D eigenvalue weighted by Crippen LogP contribution is -2.21. The van der Waals surface area contributed by atoms with Crippen molar-refractivity contribution < 1.29 is 9.59 Å². The molecule has 0 aliphatic carbocycles. The minimum absolute atomic E-state index is 0.102. The first kappa shape index (κ1) is 15.9. The Morgan fingerprint density at radius 1 is 1.32 bits per heavy atom. The van der Waals surface area contributed by atoms with Crippen LogP contribution in [0, 0.1) is 6.92 Å². The van der Waals surface area contributed by atoms with E-state index in [1.807, 2.05) is 30.5 Å². The summed E-state index contributed by atoms with van der Waals surface area (Å²) in [4.78, 5) is 27.7. The van der Waals surface area contributed by atoms with E-state index in [0.717, 1.165) is 16.3 Å². The van der Waals surface area contributed by atoms with Gasteiger partial charge in [0.1, 0.15) is 0 Å². The van der Waals surface area contributed by atoms with Crippen molar-refractivity contribution in [3.63, 3.8) is 0 Å². The molecular weight excluding hydrogens is 298 g/mol. The zero-order valence-electron chi connectivity index (χ0n) is 12.4. The fourth-order valence-electron chi connectivity index (χ4n) is 1.85. The average molecular weight is 315 g/mol. The minimum atomic E-state index is -0.255. The van der Waals surface area contributed by atoms with E-state index >= 15 is 0 Å². The van der Waals surface area contributed by atoms with Crippen molar-refractivity contribution in [1.29, 1.82) is 0 Å². The van der Waals surface area contributed by atoms with E-state index in [-0.39, 0.29) is 18.2 Å². The number of likely N-dealkylation sites (N-methyl/N-ethyl adjacent to an activating group) is 1. The van der Waals surface area contributed by atoms with Crippen LogP contribution < -0.4 is 10.6 Å². The normalized spacial score (nSPS) is 10.6. The number of aryl methyl sites for hydroxylation is 1. The van der Waals surface area contributed by atoms with E-state index in [9.17, 15) is 9.59 Å². The molecule has 0 fully saturated rings. The number of thiazole rings is 1. The quantitative estimate of drug-likeness (QED) is 0.832. The Bertz CT molecular complexity index is 707. The van der Waals surface area contributed by atoms with E-state index in [1.54, 1.807) is 19.2 Å². The predicted octanol–water partition coefficient (Wildman–Crippen LogP) is 2.39. The molecule has 0 aliphatic rings. The van der Waals surface area contributed by atoms with Crippen LogP contribution in [0.15, 0.2) is 35.7 Å². The third-order valence-electron chi connectivity index (χ3n) is 2.95. The Morgan fingerprint density at radius 2 is 2.09 bits per heavy atom. The Balaban J connectivity index is 2.05. The molecule has 0 spiro atoms. The first-order chi connectivity index (χ1) is 10.6. The summed E-state index contributed by atoms with van der Waals surface area (Å²) in [6, 6.07) is 7.24. The number of carbonyl (C=O) groups excluding carboxylic acids is 2. The molecule has 22 heavy (non-hydrogen) atoms. The lowest BCUT2D eigenvalue weighted by molar-refractivity contribution is -0.120. The summed E-state index contributed by atoms with van der Waals surface area (Å²) in [6.45, 7) is 1.91. The number of benzene rings is 1. The summed E-state index contributed by atoms with van der Waals surface area (Å²) in [5.74, 6) is -0.356. The molecule has 5 nitrogen and oxygen atoms in total. The van der Waals surface area contributed by atoms with E-state index < -0.39 is 0 Å². The molecule has 0 bridgehead atoms. The van der Waals surface area contributed by atoms with Gasteiger partial charge in [-0.15, -0.1) is 11.3 Å². The molecule has 0 atom stereocenters. The molecule has 2 N–H and O–H groups in total. The lowest BCUT2D eigenvalue weighted by atomic mass is 10.1. The number of nitrogens with one attached hydrogen (secondary N) is 2. The Labute approximate surface area is 133 Å². The van der Waals surface area contributed by atoms with Crippen LogP contribution in [0.3, 0.4) is 0 Å². The maximum Gasteiger partial charge on any atom is 0.248 e. The van der Waals surface area contributed by atoms with Crippen LogP contribution in [0.1, 0.15) is 16.3 Å². The first-order valence-corrected chi connectivity index (χ1v) is 7.66. The topological polar surface area (TPSA) is 71.1 Å². The summed E-state index contributed by atoms with van der Waals surface area (Å²) in [7, 11) is 1.59. The molecule has 0 aliphatic heterocycles. The summed E-state index contributed by atoms with van der Waals surface area (Å²) in [5, 5.41) is 8.20. The Hall–Kier alpha value is -2.47. The van der Waals surface area contributed by atoms with Crippen molar-refractivity contribution in [3.05, 3.63) is 52.0 Å². The fraction of sp³-hybridized carbons (Fsp3) is 0.188. The fourth-order valence-corrected chi connectivity index (χ4v) is 2.43. The van der Waals surface area contributed by atoms with E-state index in [1.165, 1.54) is 17.4 Å². The third-order valence-corrected chi connectivity index (χ3v) is 3.74. The first-order valence-electron chi connectivity index (χ1n) is 6.78. The van der Waals surface area contributed by atoms with Gasteiger partial charge < -0.3 is 10.6 Å². The van der Waals surface area contributed by atoms with Gasteiger partial charge >= 0.3 is 0 Å². The maximum atomic E-state index is 12.0. The molecular formula is C16H17N3O2S. The lowest BCUT2D eigenvalue weighted by Gasteiger charge is -2.09. The van der Waals surface area contributed by atoms with Gasteiger partial charge in [-0.2, -0.15) is 0 Å². The van der Waals surface area contributed by atoms with Crippen LogP contribution in [0.5, 0.6) is 0 Å². The van der Waals surface area contributed by atoms with Crippen molar-refractivity contribution in [2.24, 2.45) is 0 Å². The van der Waals surface area contributed by atoms with Crippen LogP contribution >= 0.6 is 11.3 Å². The van der Waals surface area contributed by atoms with Crippen molar-refractivity contribution in [1.82, 2.24) is 10.3 Å². The van der Waals surface area contributed by atoms with E-state index in [2.05, 4.69) is 15.6 Å². The number of rotatable bonds is 5. The highest BCUT2D eigenvalue weighted by Crippen LogP contribution is 2.16. The van der Waals surface area contributed by atoms with Gasteiger partial charge in [-0.3, -0.25) is 9.59 Å². The van der Waals surface area contributed by atoms with Gasteiger partial charge in [0.2, 0.25) is 11.8 Å². The molecule has 0 saturated carbocycles. The van der Waals surface area contributed by atoms with Gasteiger partial charge in [-0.25, -0.2) is 4.98 Å². The molecule has 2 amide bonds. The van der Waals surface area contributed by atoms with Crippen molar-refractivity contribution in [2.45, 2.75) is 13.3 Å². The zero-order chi connectivity index (χ0) is 15.9. The summed E-state index contributed by atoms with van der Waals surface area (Å²) in [6.07, 6.45) is 3.33. The number of anilines is 1. The highest BCUT2D eigenvalue weighted by Gasteiger charge is 2.08. The van der Waals surface area contributed by atoms with Crippen molar-refractivity contribution in [3.8, 4) is 0 Å². The number of hydrogen-bond acceptors (Lipinski definition) is 4. The monoisotopic (exact) mass is 315 g/mol. The van der Waals surface area contributed by atoms with Crippen LogP contribution in [0.4, 0.5) is 5.69 Å². The standard InChI is InChI=1S/C16H17N3O2S/c1-11-18-13(10-22-11)7-8-15(20)19-14-6-4-3-5-12(14)9-16(21)17-2/h3-8,10H,9H2,1-2H3,(H,17,21)(H,19,20)/b8-7+. The number of nitrogens with zero attached hydrogens (tertiary/aromatic N) is 1. The molecule has 0 unspecified atom stereocenters. The number of aromatic nitrogens is 1. The number of carbonyl (C=O) groups is 2. The molecule has 2 rings (SSSR count). The van der Waals surface area contributed by atoms with Gasteiger partial charge in [0.05, 0.1) is 17.1 Å². The van der Waals surface area contributed by atoms with Crippen LogP contribution in [0.25, 0.3) is 6.08 Å². The van der Waals surface area contributed by atoms with Gasteiger partial charge in [0.25, 0.3) is 0 Å². The Kier molecular flexibility index (Phi) is 5.43. The highest BCUT2D eigenvalue weighted by molar-refractivity contribution is 7.09. The molecule has 6 heteroatoms. The average Bonchev–Trinajstić information content (AvgIpc) is 2.92. The highest BCUT2D eigenvalue weighted by atomic mass is 32.1. The molecule has 2 aromatic rings. The molecule has 114 valence electrons. The molecule has 1 heterocycles. The minimum Gasteiger partial charge on any atom is -0.359 e. The second-order valence-corrected chi connectivity index (χ2v) is 5.68. The van der Waals surface area contributed by atoms with Crippen molar-refractivity contribution in [2.75, 3.05) is 12.4 Å². The van der Waals surface area contributed by atoms with Gasteiger partial charge in [-0.05, 0) is 24.6 Å². The molecule has 0 saturated heterocycles. The smallest absolute Gasteiger partial charge is 0.248 e. The zero-order valence-corrected chi connectivity index (χ0v) is 13.2. The molecule has 1 aromatic carbocycles. The molecule has 1 aromatic heterocycles. The third kappa shape index (κ3) is 4.53. The summed E-state index contributed by atoms with van der Waals surface area (Å²) in [5.41, 5.74) is 2.17. The number of amides is 2. The SMILES string of the molecule is CNC(=O)Cc1ccccc1NC(=O)/C=C/c1csc(C)n1. The summed E-state index contributed by atoms with van der Waals surface area (Å²) < 4.78 is 0. The second kappa shape index (κ2) is 7.51. The van der Waals surface area contributed by atoms with Crippen LogP contribution in [0.2, 0.25) is 0 Å². The summed E-state index contributed by atoms with van der Waals surface area (Å²) >= 11 is 1.53. The van der Waals surface area contributed by atoms with Crippen LogP contribution in [-0.4, -0.2) is 23.8 Å². The van der Waals surface area contributed by atoms with Crippen molar-refractivity contribution >= 4 is 34.9 Å². The van der Waals surface area contributed by atoms with Crippen LogP contribution in [-0.2, 0) is 16.0 Å².